The summed E-state index contributed by atoms with van der Waals surface area (Å²) in [7, 11) is 0. The van der Waals surface area contributed by atoms with Crippen molar-refractivity contribution in [3.63, 3.8) is 0 Å². The molecule has 0 bridgehead atoms. The maximum Gasteiger partial charge on any atom is 0.268 e. The number of hydrogen-bond donors (Lipinski definition) is 4. The topological polar surface area (TPSA) is 170 Å². The molecule has 4 rings (SSSR count). The Morgan fingerprint density at radius 2 is 2.12 bits per heavy atom. The van der Waals surface area contributed by atoms with Gasteiger partial charge in [0.2, 0.25) is 0 Å². The average Bonchev–Trinajstić information content (AvgIpc) is 3.39. The van der Waals surface area contributed by atoms with E-state index in [0.29, 0.717) is 15.9 Å². The second-order valence-corrected chi connectivity index (χ2v) is 9.56. The molecule has 5 atom stereocenters. The van der Waals surface area contributed by atoms with Crippen LogP contribution < -0.4 is 5.73 Å². The summed E-state index contributed by atoms with van der Waals surface area (Å²) >= 11 is 14.1. The van der Waals surface area contributed by atoms with Crippen LogP contribution in [0.25, 0.3) is 10.7 Å². The van der Waals surface area contributed by atoms with E-state index >= 15 is 0 Å². The van der Waals surface area contributed by atoms with Crippen molar-refractivity contribution in [1.82, 2.24) is 25.0 Å². The number of aliphatic hydroxyl groups excluding tert-OH is 3. The quantitative estimate of drug-likeness (QED) is 0.368. The Balaban J connectivity index is 1.65. The maximum absolute atomic E-state index is 11.7. The number of nitrogens with zero attached hydrogens (tertiary/aromatic N) is 5. The van der Waals surface area contributed by atoms with Gasteiger partial charge in [-0.15, -0.1) is 16.4 Å². The molecule has 0 aromatic carbocycles. The van der Waals surface area contributed by atoms with Crippen LogP contribution in [-0.2, 0) is 4.74 Å². The van der Waals surface area contributed by atoms with Crippen LogP contribution in [0.15, 0.2) is 28.7 Å². The molecule has 5 N–H and O–H groups in total. The number of nitrogens with two attached hydrogens (primary N) is 1. The number of carbonyl (C=O) groups is 1. The summed E-state index contributed by atoms with van der Waals surface area (Å²) in [5, 5.41) is 42.2. The predicted molar refractivity (Wildman–Crippen MR) is 117 cm³/mol. The van der Waals surface area contributed by atoms with Gasteiger partial charge in [-0.25, -0.2) is 14.6 Å². The van der Waals surface area contributed by atoms with Crippen molar-refractivity contribution in [2.45, 2.75) is 34.7 Å². The predicted octanol–water partition coefficient (Wildman–Crippen LogP) is 0.975. The number of aliphatic hydroxyl groups is 3. The molecule has 1 amide bonds. The summed E-state index contributed by atoms with van der Waals surface area (Å²) in [6.45, 7) is -0.526. The number of carbonyl (C=O) groups excluding carboxylic acids is 1. The lowest BCUT2D eigenvalue weighted by molar-refractivity contribution is -0.178. The zero-order valence-corrected chi connectivity index (χ0v) is 19.1. The molecule has 0 saturated carbocycles. The molecule has 1 saturated heterocycles. The molecule has 3 aromatic heterocycles. The standard InChI is InChI=1S/C17H16Cl2N6O5S2/c18-6-1-9(11(15(20)29)21-2-6)32-17-14(28)12(13(27)8(4-26)30-17)25-3-7(23-24-25)16-22-10(19)5-31-16/h1-3,5,8,12-14,17,26-28H,4H2,(H2,20,29)/t8?,12?,13-,14?,17+/m0/s1. The molecule has 1 fully saturated rings. The van der Waals surface area contributed by atoms with Gasteiger partial charge in [-0.05, 0) is 6.07 Å². The van der Waals surface area contributed by atoms with Gasteiger partial charge in [0.25, 0.3) is 5.91 Å². The van der Waals surface area contributed by atoms with Crippen LogP contribution in [0.3, 0.4) is 0 Å². The minimum atomic E-state index is -1.33. The fraction of sp³-hybridized carbons (Fsp3) is 0.353. The molecular weight excluding hydrogens is 503 g/mol. The third-order valence-corrected chi connectivity index (χ3v) is 7.24. The van der Waals surface area contributed by atoms with Crippen molar-refractivity contribution >= 4 is 52.2 Å². The number of thiazole rings is 1. The van der Waals surface area contributed by atoms with Gasteiger partial charge in [0.1, 0.15) is 51.3 Å². The van der Waals surface area contributed by atoms with Crippen molar-refractivity contribution in [3.8, 4) is 10.7 Å². The zero-order chi connectivity index (χ0) is 23.0. The van der Waals surface area contributed by atoms with Gasteiger partial charge < -0.3 is 25.8 Å². The first kappa shape index (κ1) is 23.3. The number of rotatable bonds is 6. The van der Waals surface area contributed by atoms with Crippen molar-refractivity contribution in [1.29, 1.82) is 0 Å². The van der Waals surface area contributed by atoms with Crippen LogP contribution in [0.5, 0.6) is 0 Å². The van der Waals surface area contributed by atoms with Crippen LogP contribution in [0.4, 0.5) is 0 Å². The molecule has 3 aromatic rings. The largest absolute Gasteiger partial charge is 0.394 e. The molecule has 3 unspecified atom stereocenters. The number of amides is 1. The van der Waals surface area contributed by atoms with Gasteiger partial charge in [-0.3, -0.25) is 4.79 Å². The second kappa shape index (κ2) is 9.57. The second-order valence-electron chi connectivity index (χ2n) is 6.74. The summed E-state index contributed by atoms with van der Waals surface area (Å²) in [5.74, 6) is -0.784. The summed E-state index contributed by atoms with van der Waals surface area (Å²) in [5.41, 5.74) is 4.70. The molecule has 0 aliphatic carbocycles. The Bertz CT molecular complexity index is 1130. The Morgan fingerprint density at radius 3 is 2.78 bits per heavy atom. The molecule has 4 heterocycles. The van der Waals surface area contributed by atoms with E-state index in [1.165, 1.54) is 34.5 Å². The molecule has 11 nitrogen and oxygen atoms in total. The fourth-order valence-corrected chi connectivity index (χ4v) is 5.52. The Hall–Kier alpha value is -1.84. The smallest absolute Gasteiger partial charge is 0.268 e. The van der Waals surface area contributed by atoms with E-state index in [1.807, 2.05) is 0 Å². The Morgan fingerprint density at radius 1 is 1.34 bits per heavy atom. The minimum Gasteiger partial charge on any atom is -0.394 e. The number of halogens is 2. The number of hydrogen-bond acceptors (Lipinski definition) is 11. The summed E-state index contributed by atoms with van der Waals surface area (Å²) < 4.78 is 6.97. The number of pyridine rings is 1. The third-order valence-electron chi connectivity index (χ3n) is 4.66. The molecular formula is C17H16Cl2N6O5S2. The van der Waals surface area contributed by atoms with E-state index in [0.717, 1.165) is 11.8 Å². The molecule has 0 radical (unpaired) electrons. The molecule has 0 spiro atoms. The highest BCUT2D eigenvalue weighted by molar-refractivity contribution is 8.00. The molecule has 1 aliphatic heterocycles. The summed E-state index contributed by atoms with van der Waals surface area (Å²) in [4.78, 5) is 20.1. The Labute approximate surface area is 199 Å². The van der Waals surface area contributed by atoms with Gasteiger partial charge >= 0.3 is 0 Å². The van der Waals surface area contributed by atoms with Gasteiger partial charge in [-0.2, -0.15) is 0 Å². The SMILES string of the molecule is NC(=O)c1ncc(Cl)cc1S[C@H]1OC(CO)[C@H](O)C(n2cc(-c3nc(Cl)cs3)nn2)C1O. The van der Waals surface area contributed by atoms with Gasteiger partial charge in [0.15, 0.2) is 0 Å². The van der Waals surface area contributed by atoms with Crippen LogP contribution in [0.2, 0.25) is 10.2 Å². The average molecular weight is 519 g/mol. The number of ether oxygens (including phenoxy) is 1. The van der Waals surface area contributed by atoms with E-state index in [-0.39, 0.29) is 15.6 Å². The maximum atomic E-state index is 11.7. The minimum absolute atomic E-state index is 0.0536. The Kier molecular flexibility index (Phi) is 6.97. The molecule has 32 heavy (non-hydrogen) atoms. The van der Waals surface area contributed by atoms with Gasteiger partial charge in [0, 0.05) is 16.5 Å². The third kappa shape index (κ3) is 4.61. The first-order valence-electron chi connectivity index (χ1n) is 9.06. The summed E-state index contributed by atoms with van der Waals surface area (Å²) in [6, 6.07) is 0.433. The van der Waals surface area contributed by atoms with E-state index in [4.69, 9.17) is 33.7 Å². The number of primary amides is 1. The van der Waals surface area contributed by atoms with Crippen LogP contribution in [0, 0.1) is 0 Å². The highest BCUT2D eigenvalue weighted by atomic mass is 35.5. The molecule has 1 aliphatic rings. The highest BCUT2D eigenvalue weighted by Gasteiger charge is 2.46. The van der Waals surface area contributed by atoms with Gasteiger partial charge in [0.05, 0.1) is 17.8 Å². The molecule has 15 heteroatoms. The first-order valence-corrected chi connectivity index (χ1v) is 11.6. The van der Waals surface area contributed by atoms with Gasteiger partial charge in [-0.1, -0.05) is 40.2 Å². The number of thioether (sulfide) groups is 1. The van der Waals surface area contributed by atoms with E-state index in [9.17, 15) is 20.1 Å². The van der Waals surface area contributed by atoms with Crippen molar-refractivity contribution < 1.29 is 24.9 Å². The van der Waals surface area contributed by atoms with Crippen molar-refractivity contribution in [3.05, 3.63) is 39.7 Å². The fourth-order valence-electron chi connectivity index (χ4n) is 3.19. The lowest BCUT2D eigenvalue weighted by atomic mass is 9.97. The molecule has 170 valence electrons. The summed E-state index contributed by atoms with van der Waals surface area (Å²) in [6.07, 6.45) is -0.911. The van der Waals surface area contributed by atoms with Crippen molar-refractivity contribution in [2.24, 2.45) is 5.73 Å². The lowest BCUT2D eigenvalue weighted by Crippen LogP contribution is -2.55. The lowest BCUT2D eigenvalue weighted by Gasteiger charge is -2.41. The van der Waals surface area contributed by atoms with E-state index in [2.05, 4.69) is 20.3 Å². The van der Waals surface area contributed by atoms with Crippen LogP contribution >= 0.6 is 46.3 Å². The normalized spacial score (nSPS) is 25.7. The van der Waals surface area contributed by atoms with Crippen LogP contribution in [0.1, 0.15) is 16.5 Å². The monoisotopic (exact) mass is 518 g/mol. The number of aromatic nitrogens is 5. The first-order chi connectivity index (χ1) is 15.3. The van der Waals surface area contributed by atoms with Crippen LogP contribution in [-0.4, -0.2) is 76.5 Å². The zero-order valence-electron chi connectivity index (χ0n) is 15.9. The van der Waals surface area contributed by atoms with E-state index in [1.54, 1.807) is 5.38 Å². The van der Waals surface area contributed by atoms with Crippen molar-refractivity contribution in [2.75, 3.05) is 6.61 Å². The highest BCUT2D eigenvalue weighted by Crippen LogP contribution is 2.39. The van der Waals surface area contributed by atoms with E-state index < -0.39 is 42.3 Å².